The first-order valence-electron chi connectivity index (χ1n) is 6.80. The van der Waals surface area contributed by atoms with Crippen LogP contribution in [-0.2, 0) is 13.0 Å². The van der Waals surface area contributed by atoms with Gasteiger partial charge in [0.1, 0.15) is 0 Å². The molecule has 1 heterocycles. The summed E-state index contributed by atoms with van der Waals surface area (Å²) in [5, 5.41) is 7.03. The van der Waals surface area contributed by atoms with Gasteiger partial charge in [-0.3, -0.25) is 5.10 Å². The minimum Gasteiger partial charge on any atom is -0.493 e. The van der Waals surface area contributed by atoms with Crippen molar-refractivity contribution in [1.82, 2.24) is 14.9 Å². The van der Waals surface area contributed by atoms with Crippen LogP contribution in [0.3, 0.4) is 0 Å². The molecule has 1 aromatic heterocycles. The summed E-state index contributed by atoms with van der Waals surface area (Å²) in [6.45, 7) is 2.72. The number of hydrogen-bond donors (Lipinski definition) is 2. The highest BCUT2D eigenvalue weighted by Crippen LogP contribution is 2.27. The first-order valence-corrected chi connectivity index (χ1v) is 7.21. The van der Waals surface area contributed by atoms with E-state index in [-0.39, 0.29) is 0 Å². The van der Waals surface area contributed by atoms with Crippen molar-refractivity contribution in [2.45, 2.75) is 26.3 Å². The third-order valence-corrected chi connectivity index (χ3v) is 3.38. The molecule has 114 valence electrons. The Labute approximate surface area is 129 Å². The van der Waals surface area contributed by atoms with Gasteiger partial charge in [0.2, 0.25) is 4.77 Å². The van der Waals surface area contributed by atoms with Crippen LogP contribution in [0.25, 0.3) is 0 Å². The number of benzene rings is 1. The minimum atomic E-state index is 0.568. The molecule has 0 unspecified atom stereocenters. The molecule has 1 aromatic carbocycles. The Balaban J connectivity index is 2.13. The highest BCUT2D eigenvalue weighted by atomic mass is 32.1. The second-order valence-corrected chi connectivity index (χ2v) is 4.94. The van der Waals surface area contributed by atoms with E-state index in [1.165, 1.54) is 0 Å². The topological polar surface area (TPSA) is 64.1 Å². The van der Waals surface area contributed by atoms with E-state index < -0.39 is 0 Å². The molecule has 0 saturated heterocycles. The quantitative estimate of drug-likeness (QED) is 0.770. The fourth-order valence-corrected chi connectivity index (χ4v) is 2.26. The number of hydrogen-bond acceptors (Lipinski definition) is 5. The second-order valence-electron chi connectivity index (χ2n) is 4.55. The number of H-pyrrole nitrogens is 1. The zero-order chi connectivity index (χ0) is 15.2. The molecular weight excluding hydrogens is 288 g/mol. The Kier molecular flexibility index (Phi) is 5.21. The number of nitrogens with zero attached hydrogens (tertiary/aromatic N) is 2. The van der Waals surface area contributed by atoms with Gasteiger partial charge in [0.15, 0.2) is 17.3 Å². The van der Waals surface area contributed by atoms with Gasteiger partial charge < -0.3 is 14.9 Å². The summed E-state index contributed by atoms with van der Waals surface area (Å²) in [6.07, 6.45) is 1.88. The molecule has 0 fully saturated rings. The van der Waals surface area contributed by atoms with E-state index >= 15 is 0 Å². The zero-order valence-electron chi connectivity index (χ0n) is 12.5. The summed E-state index contributed by atoms with van der Waals surface area (Å²) >= 11 is 5.23. The van der Waals surface area contributed by atoms with Crippen molar-refractivity contribution in [2.75, 3.05) is 19.6 Å². The Morgan fingerprint density at radius 1 is 1.29 bits per heavy atom. The summed E-state index contributed by atoms with van der Waals surface area (Å²) in [7, 11) is 3.25. The van der Waals surface area contributed by atoms with Crippen molar-refractivity contribution in [1.29, 1.82) is 0 Å². The van der Waals surface area contributed by atoms with Crippen molar-refractivity contribution in [3.05, 3.63) is 34.4 Å². The summed E-state index contributed by atoms with van der Waals surface area (Å²) in [5.74, 6) is 2.33. The summed E-state index contributed by atoms with van der Waals surface area (Å²) in [4.78, 5) is 0. The first-order chi connectivity index (χ1) is 10.2. The molecule has 2 rings (SSSR count). The van der Waals surface area contributed by atoms with Gasteiger partial charge in [0.05, 0.1) is 20.8 Å². The van der Waals surface area contributed by atoms with Gasteiger partial charge in [-0.25, -0.2) is 4.68 Å². The van der Waals surface area contributed by atoms with Gasteiger partial charge >= 0.3 is 0 Å². The molecule has 0 atom stereocenters. The lowest BCUT2D eigenvalue weighted by Crippen LogP contribution is -2.17. The van der Waals surface area contributed by atoms with Crippen LogP contribution in [0.1, 0.15) is 24.7 Å². The van der Waals surface area contributed by atoms with E-state index in [4.69, 9.17) is 21.7 Å². The number of ether oxygens (including phenoxy) is 2. The van der Waals surface area contributed by atoms with Crippen LogP contribution in [0.2, 0.25) is 0 Å². The molecule has 0 radical (unpaired) electrons. The van der Waals surface area contributed by atoms with E-state index in [1.807, 2.05) is 22.9 Å². The maximum atomic E-state index is 5.30. The zero-order valence-corrected chi connectivity index (χ0v) is 13.3. The molecule has 6 nitrogen and oxygen atoms in total. The highest BCUT2D eigenvalue weighted by molar-refractivity contribution is 7.71. The second kappa shape index (κ2) is 7.12. The van der Waals surface area contributed by atoms with Crippen molar-refractivity contribution in [2.24, 2.45) is 0 Å². The van der Waals surface area contributed by atoms with Crippen LogP contribution < -0.4 is 14.9 Å². The SMILES string of the molecule is CCCc1n[nH]c(=S)n1NCc1ccc(OC)c(OC)c1. The predicted octanol–water partition coefficient (Wildman–Crippen LogP) is 2.65. The fraction of sp³-hybridized carbons (Fsp3) is 0.429. The standard InChI is InChI=1S/C14H20N4O2S/c1-4-5-13-16-17-14(21)18(13)15-9-10-6-7-11(19-2)12(8-10)20-3/h6-8,15H,4-5,9H2,1-3H3,(H,17,21). The molecule has 7 heteroatoms. The largest absolute Gasteiger partial charge is 0.493 e. The van der Waals surface area contributed by atoms with Crippen LogP contribution in [0, 0.1) is 4.77 Å². The molecule has 0 amide bonds. The number of nitrogens with one attached hydrogen (secondary N) is 2. The third-order valence-electron chi connectivity index (χ3n) is 3.10. The monoisotopic (exact) mass is 308 g/mol. The molecule has 2 aromatic rings. The molecule has 0 aliphatic carbocycles. The average Bonchev–Trinajstić information content (AvgIpc) is 2.85. The molecule has 0 bridgehead atoms. The maximum Gasteiger partial charge on any atom is 0.214 e. The van der Waals surface area contributed by atoms with Crippen molar-refractivity contribution in [3.63, 3.8) is 0 Å². The smallest absolute Gasteiger partial charge is 0.214 e. The van der Waals surface area contributed by atoms with Gasteiger partial charge in [-0.2, -0.15) is 5.10 Å². The third kappa shape index (κ3) is 3.55. The van der Waals surface area contributed by atoms with Crippen molar-refractivity contribution in [3.8, 4) is 11.5 Å². The van der Waals surface area contributed by atoms with Crippen LogP contribution in [0.5, 0.6) is 11.5 Å². The molecule has 0 spiro atoms. The first kappa shape index (κ1) is 15.4. The number of rotatable bonds is 7. The van der Waals surface area contributed by atoms with Crippen LogP contribution in [-0.4, -0.2) is 29.1 Å². The molecule has 0 aliphatic heterocycles. The molecule has 0 saturated carbocycles. The number of aryl methyl sites for hydroxylation is 1. The molecular formula is C14H20N4O2S. The van der Waals surface area contributed by atoms with E-state index in [9.17, 15) is 0 Å². The minimum absolute atomic E-state index is 0.568. The van der Waals surface area contributed by atoms with E-state index in [0.29, 0.717) is 22.8 Å². The van der Waals surface area contributed by atoms with Gasteiger partial charge in [-0.05, 0) is 36.3 Å². The summed E-state index contributed by atoms with van der Waals surface area (Å²) in [6, 6.07) is 5.81. The Morgan fingerprint density at radius 2 is 2.05 bits per heavy atom. The lowest BCUT2D eigenvalue weighted by atomic mass is 10.2. The van der Waals surface area contributed by atoms with E-state index in [2.05, 4.69) is 22.5 Å². The molecule has 21 heavy (non-hydrogen) atoms. The molecule has 0 aliphatic rings. The fourth-order valence-electron chi connectivity index (χ4n) is 2.04. The van der Waals surface area contributed by atoms with Gasteiger partial charge in [-0.1, -0.05) is 13.0 Å². The van der Waals surface area contributed by atoms with E-state index in [1.54, 1.807) is 14.2 Å². The van der Waals surface area contributed by atoms with Crippen LogP contribution in [0.4, 0.5) is 0 Å². The Morgan fingerprint density at radius 3 is 2.71 bits per heavy atom. The number of methoxy groups -OCH3 is 2. The summed E-state index contributed by atoms with van der Waals surface area (Å²) in [5.41, 5.74) is 4.34. The maximum absolute atomic E-state index is 5.30. The highest BCUT2D eigenvalue weighted by Gasteiger charge is 2.07. The predicted molar refractivity (Wildman–Crippen MR) is 84.0 cm³/mol. The van der Waals surface area contributed by atoms with Crippen molar-refractivity contribution < 1.29 is 9.47 Å². The van der Waals surface area contributed by atoms with Gasteiger partial charge in [-0.15, -0.1) is 0 Å². The Hall–Kier alpha value is -2.02. The molecule has 2 N–H and O–H groups in total. The van der Waals surface area contributed by atoms with E-state index in [0.717, 1.165) is 24.2 Å². The van der Waals surface area contributed by atoms with Crippen LogP contribution in [0.15, 0.2) is 18.2 Å². The summed E-state index contributed by atoms with van der Waals surface area (Å²) < 4.78 is 12.9. The lowest BCUT2D eigenvalue weighted by Gasteiger charge is -2.12. The number of aromatic nitrogens is 3. The number of aromatic amines is 1. The lowest BCUT2D eigenvalue weighted by molar-refractivity contribution is 0.354. The normalized spacial score (nSPS) is 10.4. The van der Waals surface area contributed by atoms with Gasteiger partial charge in [0.25, 0.3) is 0 Å². The average molecular weight is 308 g/mol. The van der Waals surface area contributed by atoms with Gasteiger partial charge in [0, 0.05) is 6.42 Å². The Bertz CT molecular complexity index is 651. The van der Waals surface area contributed by atoms with Crippen LogP contribution >= 0.6 is 12.2 Å². The van der Waals surface area contributed by atoms with Crippen molar-refractivity contribution >= 4 is 12.2 Å².